The van der Waals surface area contributed by atoms with Crippen LogP contribution in [0.5, 0.6) is 0 Å². The normalized spacial score (nSPS) is 12.1. The monoisotopic (exact) mass is 597 g/mol. The highest BCUT2D eigenvalue weighted by atomic mass is 32.1. The zero-order chi connectivity index (χ0) is 28.8. The summed E-state index contributed by atoms with van der Waals surface area (Å²) in [5.74, 6) is 0. The number of anilines is 3. The maximum absolute atomic E-state index is 6.49. The third-order valence-electron chi connectivity index (χ3n) is 8.84. The molecule has 0 aliphatic rings. The van der Waals surface area contributed by atoms with Crippen LogP contribution in [0.25, 0.3) is 73.1 Å². The molecule has 7 aromatic carbocycles. The van der Waals surface area contributed by atoms with Gasteiger partial charge in [-0.3, -0.25) is 0 Å². The lowest BCUT2D eigenvalue weighted by atomic mass is 10.0. The van der Waals surface area contributed by atoms with E-state index in [1.165, 1.54) is 40.3 Å². The molecule has 0 saturated heterocycles. The van der Waals surface area contributed by atoms with Crippen molar-refractivity contribution in [1.29, 1.82) is 0 Å². The smallest absolute Gasteiger partial charge is 0.143 e. The number of nitrogens with zero attached hydrogens (tertiary/aromatic N) is 1. The molecule has 0 aliphatic heterocycles. The van der Waals surface area contributed by atoms with E-state index in [0.717, 1.165) is 49.8 Å². The van der Waals surface area contributed by atoms with Gasteiger partial charge in [0.1, 0.15) is 11.2 Å². The molecular formula is C40H23NOS2. The Bertz CT molecular complexity index is 2630. The molecule has 0 aliphatic carbocycles. The number of thiophene rings is 2. The van der Waals surface area contributed by atoms with Crippen molar-refractivity contribution >= 4 is 113 Å². The van der Waals surface area contributed by atoms with Crippen LogP contribution in [0.3, 0.4) is 0 Å². The zero-order valence-electron chi connectivity index (χ0n) is 23.5. The fourth-order valence-corrected chi connectivity index (χ4v) is 9.02. The van der Waals surface area contributed by atoms with E-state index in [4.69, 9.17) is 4.42 Å². The van der Waals surface area contributed by atoms with Crippen LogP contribution >= 0.6 is 22.7 Å². The molecule has 0 unspecified atom stereocenters. The van der Waals surface area contributed by atoms with Crippen LogP contribution in [-0.2, 0) is 0 Å². The highest BCUT2D eigenvalue weighted by molar-refractivity contribution is 7.26. The molecule has 206 valence electrons. The van der Waals surface area contributed by atoms with E-state index in [0.29, 0.717) is 0 Å². The van der Waals surface area contributed by atoms with E-state index in [-0.39, 0.29) is 0 Å². The van der Waals surface area contributed by atoms with Crippen LogP contribution in [0.4, 0.5) is 17.1 Å². The summed E-state index contributed by atoms with van der Waals surface area (Å²) in [5, 5.41) is 9.71. The lowest BCUT2D eigenvalue weighted by Crippen LogP contribution is -2.10. The first kappa shape index (κ1) is 24.3. The van der Waals surface area contributed by atoms with E-state index < -0.39 is 0 Å². The van der Waals surface area contributed by atoms with E-state index >= 15 is 0 Å². The van der Waals surface area contributed by atoms with Gasteiger partial charge in [0.05, 0.1) is 5.69 Å². The summed E-state index contributed by atoms with van der Waals surface area (Å²) >= 11 is 3.71. The molecule has 44 heavy (non-hydrogen) atoms. The van der Waals surface area contributed by atoms with Gasteiger partial charge < -0.3 is 9.32 Å². The number of fused-ring (bicyclic) bond motifs is 11. The summed E-state index contributed by atoms with van der Waals surface area (Å²) in [6.45, 7) is 0. The van der Waals surface area contributed by atoms with Gasteiger partial charge in [-0.1, -0.05) is 78.9 Å². The van der Waals surface area contributed by atoms with Crippen LogP contribution in [-0.4, -0.2) is 0 Å². The summed E-state index contributed by atoms with van der Waals surface area (Å²) in [4.78, 5) is 2.45. The molecule has 0 bridgehead atoms. The van der Waals surface area contributed by atoms with Gasteiger partial charge in [0, 0.05) is 73.3 Å². The Kier molecular flexibility index (Phi) is 5.06. The fourth-order valence-electron chi connectivity index (χ4n) is 6.85. The maximum Gasteiger partial charge on any atom is 0.143 e. The second kappa shape index (κ2) is 9.17. The predicted molar refractivity (Wildman–Crippen MR) is 192 cm³/mol. The summed E-state index contributed by atoms with van der Waals surface area (Å²) in [6.07, 6.45) is 0. The summed E-state index contributed by atoms with van der Waals surface area (Å²) in [6, 6.07) is 50.7. The third-order valence-corrected chi connectivity index (χ3v) is 11.1. The molecule has 4 heteroatoms. The molecule has 3 heterocycles. The Morgan fingerprint density at radius 1 is 0.386 bits per heavy atom. The van der Waals surface area contributed by atoms with Crippen LogP contribution in [0.2, 0.25) is 0 Å². The molecule has 10 rings (SSSR count). The van der Waals surface area contributed by atoms with Gasteiger partial charge in [-0.05, 0) is 60.7 Å². The summed E-state index contributed by atoms with van der Waals surface area (Å²) in [5.41, 5.74) is 5.25. The van der Waals surface area contributed by atoms with Crippen LogP contribution in [0.15, 0.2) is 144 Å². The van der Waals surface area contributed by atoms with Gasteiger partial charge in [0.25, 0.3) is 0 Å². The minimum absolute atomic E-state index is 0.911. The van der Waals surface area contributed by atoms with Crippen molar-refractivity contribution in [3.05, 3.63) is 140 Å². The standard InChI is InChI=1S/C40H23NOS2/c1-2-13-30-26(9-1)34(23-33-27-10-3-6-14-35(27)42-40(30)33)41(24-17-19-38-31(21-24)28-11-4-7-15-36(28)43-38)25-18-20-39-32(22-25)29-12-5-8-16-37(29)44-39/h1-23H. The maximum atomic E-state index is 6.49. The highest BCUT2D eigenvalue weighted by Crippen LogP contribution is 2.47. The zero-order valence-corrected chi connectivity index (χ0v) is 25.1. The second-order valence-electron chi connectivity index (χ2n) is 11.3. The summed E-state index contributed by atoms with van der Waals surface area (Å²) in [7, 11) is 0. The number of hydrogen-bond acceptors (Lipinski definition) is 4. The Balaban J connectivity index is 1.32. The van der Waals surface area contributed by atoms with Crippen molar-refractivity contribution in [2.75, 3.05) is 4.90 Å². The van der Waals surface area contributed by atoms with E-state index in [2.05, 4.69) is 138 Å². The molecule has 0 fully saturated rings. The van der Waals surface area contributed by atoms with Crippen molar-refractivity contribution in [1.82, 2.24) is 0 Å². The van der Waals surface area contributed by atoms with Crippen LogP contribution in [0, 0.1) is 0 Å². The lowest BCUT2D eigenvalue weighted by Gasteiger charge is -2.27. The van der Waals surface area contributed by atoms with E-state index in [1.54, 1.807) is 0 Å². The van der Waals surface area contributed by atoms with Gasteiger partial charge in [0.2, 0.25) is 0 Å². The number of hydrogen-bond donors (Lipinski definition) is 0. The van der Waals surface area contributed by atoms with Crippen LogP contribution in [0.1, 0.15) is 0 Å². The Morgan fingerprint density at radius 2 is 0.886 bits per heavy atom. The van der Waals surface area contributed by atoms with Crippen molar-refractivity contribution < 1.29 is 4.42 Å². The first-order chi connectivity index (χ1) is 21.8. The molecule has 0 N–H and O–H groups in total. The Hall–Kier alpha value is -5.16. The number of para-hydroxylation sites is 1. The molecule has 2 nitrogen and oxygen atoms in total. The number of furan rings is 1. The van der Waals surface area contributed by atoms with Crippen LogP contribution < -0.4 is 4.90 Å². The largest absolute Gasteiger partial charge is 0.455 e. The third kappa shape index (κ3) is 3.47. The first-order valence-electron chi connectivity index (χ1n) is 14.8. The van der Waals surface area contributed by atoms with Gasteiger partial charge in [-0.15, -0.1) is 22.7 Å². The molecule has 10 aromatic rings. The van der Waals surface area contributed by atoms with Gasteiger partial charge in [0.15, 0.2) is 0 Å². The van der Waals surface area contributed by atoms with Gasteiger partial charge in [-0.25, -0.2) is 0 Å². The average molecular weight is 598 g/mol. The van der Waals surface area contributed by atoms with Gasteiger partial charge >= 0.3 is 0 Å². The Morgan fingerprint density at radius 3 is 1.52 bits per heavy atom. The number of rotatable bonds is 3. The predicted octanol–water partition coefficient (Wildman–Crippen LogP) is 12.9. The average Bonchev–Trinajstić information content (AvgIpc) is 3.76. The van der Waals surface area contributed by atoms with E-state index in [1.807, 2.05) is 28.7 Å². The number of benzene rings is 7. The topological polar surface area (TPSA) is 16.4 Å². The van der Waals surface area contributed by atoms with Crippen molar-refractivity contribution in [2.45, 2.75) is 0 Å². The molecular weight excluding hydrogens is 575 g/mol. The first-order valence-corrected chi connectivity index (χ1v) is 16.4. The molecule has 0 radical (unpaired) electrons. The van der Waals surface area contributed by atoms with Crippen molar-refractivity contribution in [2.24, 2.45) is 0 Å². The summed E-state index contributed by atoms with van der Waals surface area (Å²) < 4.78 is 11.7. The quantitative estimate of drug-likeness (QED) is 0.201. The minimum Gasteiger partial charge on any atom is -0.455 e. The fraction of sp³-hybridized carbons (Fsp3) is 0. The highest BCUT2D eigenvalue weighted by Gasteiger charge is 2.21. The van der Waals surface area contributed by atoms with Crippen molar-refractivity contribution in [3.63, 3.8) is 0 Å². The SMILES string of the molecule is c1ccc2c(c1)oc1c3ccccc3c(N(c3ccc4sc5ccccc5c4c3)c3ccc4sc5ccccc5c4c3)cc21. The van der Waals surface area contributed by atoms with E-state index in [9.17, 15) is 0 Å². The minimum atomic E-state index is 0.911. The Labute approximate surface area is 260 Å². The van der Waals surface area contributed by atoms with Gasteiger partial charge in [-0.2, -0.15) is 0 Å². The molecule has 0 saturated carbocycles. The molecule has 0 spiro atoms. The van der Waals surface area contributed by atoms with Crippen molar-refractivity contribution in [3.8, 4) is 0 Å². The lowest BCUT2D eigenvalue weighted by molar-refractivity contribution is 0.672. The molecule has 3 aromatic heterocycles. The molecule has 0 atom stereocenters. The molecule has 0 amide bonds. The second-order valence-corrected chi connectivity index (χ2v) is 13.5.